The molecule has 4 heteroatoms. The Morgan fingerprint density at radius 3 is 2.81 bits per heavy atom. The van der Waals surface area contributed by atoms with Crippen LogP contribution < -0.4 is 5.73 Å². The van der Waals surface area contributed by atoms with Crippen LogP contribution in [0.3, 0.4) is 0 Å². The molecule has 1 heterocycles. The van der Waals surface area contributed by atoms with Crippen LogP contribution in [0, 0.1) is 17.6 Å². The quantitative estimate of drug-likeness (QED) is 0.799. The van der Waals surface area contributed by atoms with Gasteiger partial charge in [-0.3, -0.25) is 0 Å². The van der Waals surface area contributed by atoms with E-state index in [0.717, 1.165) is 24.6 Å². The van der Waals surface area contributed by atoms with Gasteiger partial charge in [-0.2, -0.15) is 0 Å². The average Bonchev–Trinajstić information content (AvgIpc) is 2.22. The van der Waals surface area contributed by atoms with Gasteiger partial charge >= 0.3 is 0 Å². The van der Waals surface area contributed by atoms with E-state index in [4.69, 9.17) is 10.5 Å². The number of hydrogen-bond donors (Lipinski definition) is 1. The first-order valence-corrected chi connectivity index (χ1v) is 5.40. The van der Waals surface area contributed by atoms with Crippen molar-refractivity contribution in [2.24, 2.45) is 11.7 Å². The second kappa shape index (κ2) is 4.47. The van der Waals surface area contributed by atoms with E-state index in [1.54, 1.807) is 0 Å². The van der Waals surface area contributed by atoms with Gasteiger partial charge in [-0.15, -0.1) is 0 Å². The summed E-state index contributed by atoms with van der Waals surface area (Å²) in [5.74, 6) is -0.565. The molecule has 1 aliphatic rings. The first kappa shape index (κ1) is 11.5. The van der Waals surface area contributed by atoms with Crippen molar-refractivity contribution in [2.45, 2.75) is 25.5 Å². The highest BCUT2D eigenvalue weighted by Gasteiger charge is 2.30. The zero-order valence-corrected chi connectivity index (χ0v) is 9.12. The maximum Gasteiger partial charge on any atom is 0.129 e. The van der Waals surface area contributed by atoms with Gasteiger partial charge in [-0.05, 0) is 30.5 Å². The lowest BCUT2D eigenvalue weighted by molar-refractivity contribution is -0.0284. The number of rotatable bonds is 1. The maximum atomic E-state index is 13.5. The van der Waals surface area contributed by atoms with Crippen LogP contribution in [-0.2, 0) is 4.74 Å². The standard InChI is InChI=1S/C12H15F2NO/c1-7-4-11(15)12(16-6-7)9-5-8(13)2-3-10(9)14/h2-3,5,7,11-12H,4,6,15H2,1H3/t7?,11?,12-/m1/s1. The highest BCUT2D eigenvalue weighted by molar-refractivity contribution is 5.23. The molecule has 1 fully saturated rings. The summed E-state index contributed by atoms with van der Waals surface area (Å²) in [6.07, 6.45) is 0.229. The smallest absolute Gasteiger partial charge is 0.129 e. The molecule has 16 heavy (non-hydrogen) atoms. The lowest BCUT2D eigenvalue weighted by Crippen LogP contribution is -2.38. The Morgan fingerprint density at radius 1 is 1.38 bits per heavy atom. The van der Waals surface area contributed by atoms with Crippen molar-refractivity contribution >= 4 is 0 Å². The molecular formula is C12H15F2NO. The molecule has 88 valence electrons. The third kappa shape index (κ3) is 2.23. The molecule has 0 aliphatic carbocycles. The lowest BCUT2D eigenvalue weighted by atomic mass is 9.91. The third-order valence-corrected chi connectivity index (χ3v) is 2.89. The average molecular weight is 227 g/mol. The van der Waals surface area contributed by atoms with Crippen LogP contribution in [0.4, 0.5) is 8.78 Å². The number of halogens is 2. The summed E-state index contributed by atoms with van der Waals surface area (Å²) >= 11 is 0. The van der Waals surface area contributed by atoms with Crippen molar-refractivity contribution in [2.75, 3.05) is 6.61 Å². The molecule has 0 aromatic heterocycles. The second-order valence-electron chi connectivity index (χ2n) is 4.42. The van der Waals surface area contributed by atoms with Crippen molar-refractivity contribution in [3.05, 3.63) is 35.4 Å². The molecule has 1 saturated heterocycles. The minimum atomic E-state index is -0.535. The summed E-state index contributed by atoms with van der Waals surface area (Å²) in [6, 6.07) is 3.09. The number of hydrogen-bond acceptors (Lipinski definition) is 2. The molecule has 1 aromatic rings. The summed E-state index contributed by atoms with van der Waals surface area (Å²) in [7, 11) is 0. The first-order chi connectivity index (χ1) is 7.58. The molecule has 2 unspecified atom stereocenters. The Balaban J connectivity index is 2.26. The van der Waals surface area contributed by atoms with E-state index in [9.17, 15) is 8.78 Å². The monoisotopic (exact) mass is 227 g/mol. The molecular weight excluding hydrogens is 212 g/mol. The molecule has 2 nitrogen and oxygen atoms in total. The topological polar surface area (TPSA) is 35.2 Å². The second-order valence-corrected chi connectivity index (χ2v) is 4.42. The van der Waals surface area contributed by atoms with Crippen LogP contribution in [0.25, 0.3) is 0 Å². The van der Waals surface area contributed by atoms with Crippen LogP contribution in [0.5, 0.6) is 0 Å². The Labute approximate surface area is 93.4 Å². The Morgan fingerprint density at radius 2 is 2.12 bits per heavy atom. The zero-order chi connectivity index (χ0) is 11.7. The summed E-state index contributed by atoms with van der Waals surface area (Å²) < 4.78 is 32.1. The van der Waals surface area contributed by atoms with E-state index < -0.39 is 17.7 Å². The van der Waals surface area contributed by atoms with Crippen LogP contribution >= 0.6 is 0 Å². The van der Waals surface area contributed by atoms with Crippen LogP contribution in [0.15, 0.2) is 18.2 Å². The van der Waals surface area contributed by atoms with E-state index in [2.05, 4.69) is 0 Å². The summed E-state index contributed by atoms with van der Waals surface area (Å²) in [4.78, 5) is 0. The van der Waals surface area contributed by atoms with Gasteiger partial charge in [0.05, 0.1) is 6.61 Å². The maximum absolute atomic E-state index is 13.5. The van der Waals surface area contributed by atoms with Gasteiger partial charge in [0.25, 0.3) is 0 Å². The van der Waals surface area contributed by atoms with E-state index in [1.165, 1.54) is 0 Å². The van der Waals surface area contributed by atoms with Gasteiger partial charge in [0.1, 0.15) is 17.7 Å². The van der Waals surface area contributed by atoms with Crippen molar-refractivity contribution < 1.29 is 13.5 Å². The Bertz CT molecular complexity index is 383. The fourth-order valence-electron chi connectivity index (χ4n) is 2.10. The van der Waals surface area contributed by atoms with Crippen molar-refractivity contribution in [3.8, 4) is 0 Å². The largest absolute Gasteiger partial charge is 0.372 e. The van der Waals surface area contributed by atoms with Gasteiger partial charge in [-0.1, -0.05) is 6.92 Å². The van der Waals surface area contributed by atoms with E-state index >= 15 is 0 Å². The first-order valence-electron chi connectivity index (χ1n) is 5.40. The third-order valence-electron chi connectivity index (χ3n) is 2.89. The number of benzene rings is 1. The Kier molecular flexibility index (Phi) is 3.21. The lowest BCUT2D eigenvalue weighted by Gasteiger charge is -2.33. The van der Waals surface area contributed by atoms with Crippen molar-refractivity contribution in [1.82, 2.24) is 0 Å². The van der Waals surface area contributed by atoms with Gasteiger partial charge in [0, 0.05) is 11.6 Å². The molecule has 2 N–H and O–H groups in total. The predicted octanol–water partition coefficient (Wildman–Crippen LogP) is 2.39. The van der Waals surface area contributed by atoms with Gasteiger partial charge in [-0.25, -0.2) is 8.78 Å². The normalized spacial score (nSPS) is 30.4. The number of ether oxygens (including phenoxy) is 1. The molecule has 3 atom stereocenters. The highest BCUT2D eigenvalue weighted by Crippen LogP contribution is 2.31. The summed E-state index contributed by atoms with van der Waals surface area (Å²) in [5, 5.41) is 0. The van der Waals surface area contributed by atoms with Crippen LogP contribution in [-0.4, -0.2) is 12.6 Å². The van der Waals surface area contributed by atoms with E-state index in [1.807, 2.05) is 6.92 Å². The van der Waals surface area contributed by atoms with Crippen molar-refractivity contribution in [1.29, 1.82) is 0 Å². The highest BCUT2D eigenvalue weighted by atomic mass is 19.1. The SMILES string of the molecule is CC1CO[C@H](c2cc(F)ccc2F)C(N)C1. The summed E-state index contributed by atoms with van der Waals surface area (Å²) in [6.45, 7) is 2.56. The minimum absolute atomic E-state index is 0.222. The van der Waals surface area contributed by atoms with Gasteiger partial charge in [0.15, 0.2) is 0 Å². The molecule has 0 radical (unpaired) electrons. The van der Waals surface area contributed by atoms with E-state index in [0.29, 0.717) is 12.5 Å². The minimum Gasteiger partial charge on any atom is -0.372 e. The Hall–Kier alpha value is -1.00. The molecule has 0 amide bonds. The van der Waals surface area contributed by atoms with Crippen LogP contribution in [0.1, 0.15) is 25.0 Å². The molecule has 1 aliphatic heterocycles. The molecule has 0 spiro atoms. The van der Waals surface area contributed by atoms with Gasteiger partial charge < -0.3 is 10.5 Å². The molecule has 0 bridgehead atoms. The van der Waals surface area contributed by atoms with Gasteiger partial charge in [0.2, 0.25) is 0 Å². The zero-order valence-electron chi connectivity index (χ0n) is 9.12. The fraction of sp³-hybridized carbons (Fsp3) is 0.500. The van der Waals surface area contributed by atoms with E-state index in [-0.39, 0.29) is 11.6 Å². The molecule has 1 aromatic carbocycles. The molecule has 2 rings (SSSR count). The number of nitrogens with two attached hydrogens (primary N) is 1. The van der Waals surface area contributed by atoms with Crippen molar-refractivity contribution in [3.63, 3.8) is 0 Å². The fourth-order valence-corrected chi connectivity index (χ4v) is 2.10. The molecule has 0 saturated carbocycles. The van der Waals surface area contributed by atoms with Crippen LogP contribution in [0.2, 0.25) is 0 Å². The summed E-state index contributed by atoms with van der Waals surface area (Å²) in [5.41, 5.74) is 6.13. The predicted molar refractivity (Wildman–Crippen MR) is 56.8 cm³/mol.